The molecule has 0 saturated heterocycles. The van der Waals surface area contributed by atoms with E-state index in [-0.39, 0.29) is 23.9 Å². The molecule has 24 heavy (non-hydrogen) atoms. The minimum atomic E-state index is -0.333. The van der Waals surface area contributed by atoms with Gasteiger partial charge in [0.1, 0.15) is 0 Å². The summed E-state index contributed by atoms with van der Waals surface area (Å²) in [5.74, 6) is 1.64. The number of ether oxygens (including phenoxy) is 2. The van der Waals surface area contributed by atoms with Crippen molar-refractivity contribution in [2.75, 3.05) is 19.8 Å². The third-order valence-corrected chi connectivity index (χ3v) is 4.27. The van der Waals surface area contributed by atoms with Crippen molar-refractivity contribution in [3.63, 3.8) is 0 Å². The summed E-state index contributed by atoms with van der Waals surface area (Å²) < 4.78 is 11.3. The van der Waals surface area contributed by atoms with Crippen LogP contribution in [0.4, 0.5) is 0 Å². The summed E-state index contributed by atoms with van der Waals surface area (Å²) in [7, 11) is 0. The first-order valence-electron chi connectivity index (χ1n) is 8.46. The highest BCUT2D eigenvalue weighted by Crippen LogP contribution is 2.39. The lowest BCUT2D eigenvalue weighted by Gasteiger charge is -2.29. The fraction of sp³-hybridized carbons (Fsp3) is 0.611. The van der Waals surface area contributed by atoms with E-state index in [2.05, 4.69) is 5.32 Å². The highest BCUT2D eigenvalue weighted by molar-refractivity contribution is 5.95. The summed E-state index contributed by atoms with van der Waals surface area (Å²) in [6, 6.07) is 5.31. The van der Waals surface area contributed by atoms with Gasteiger partial charge >= 0.3 is 0 Å². The average Bonchev–Trinajstić information content (AvgIpc) is 3.39. The van der Waals surface area contributed by atoms with E-state index in [1.807, 2.05) is 20.8 Å². The molecule has 5 nitrogen and oxygen atoms in total. The number of hydrogen-bond donors (Lipinski definition) is 2. The molecule has 2 rings (SSSR count). The Hall–Kier alpha value is -1.46. The average molecular weight is 357 g/mol. The lowest BCUT2D eigenvalue weighted by atomic mass is 9.95. The first-order chi connectivity index (χ1) is 11.0. The summed E-state index contributed by atoms with van der Waals surface area (Å²) in [5.41, 5.74) is 6.11. The van der Waals surface area contributed by atoms with E-state index in [1.165, 1.54) is 0 Å². The van der Waals surface area contributed by atoms with Gasteiger partial charge in [0.15, 0.2) is 11.5 Å². The van der Waals surface area contributed by atoms with Crippen LogP contribution in [-0.4, -0.2) is 31.2 Å². The second-order valence-corrected chi connectivity index (χ2v) is 6.29. The van der Waals surface area contributed by atoms with E-state index in [1.54, 1.807) is 18.2 Å². The van der Waals surface area contributed by atoms with Crippen LogP contribution in [0.3, 0.4) is 0 Å². The lowest BCUT2D eigenvalue weighted by molar-refractivity contribution is 0.0897. The van der Waals surface area contributed by atoms with Crippen molar-refractivity contribution in [1.82, 2.24) is 5.32 Å². The Morgan fingerprint density at radius 2 is 2.00 bits per heavy atom. The second kappa shape index (κ2) is 9.14. The first kappa shape index (κ1) is 20.6. The molecule has 1 fully saturated rings. The summed E-state index contributed by atoms with van der Waals surface area (Å²) in [5, 5.41) is 3.09. The number of rotatable bonds is 9. The topological polar surface area (TPSA) is 73.6 Å². The fourth-order valence-electron chi connectivity index (χ4n) is 2.62. The predicted molar refractivity (Wildman–Crippen MR) is 98.3 cm³/mol. The summed E-state index contributed by atoms with van der Waals surface area (Å²) in [4.78, 5) is 12.6. The van der Waals surface area contributed by atoms with Gasteiger partial charge in [0, 0.05) is 12.1 Å². The summed E-state index contributed by atoms with van der Waals surface area (Å²) in [6.45, 7) is 7.57. The summed E-state index contributed by atoms with van der Waals surface area (Å²) in [6.07, 6.45) is 3.17. The Labute approximate surface area is 150 Å². The molecule has 6 heteroatoms. The highest BCUT2D eigenvalue weighted by Gasteiger charge is 2.41. The largest absolute Gasteiger partial charge is 0.490 e. The molecule has 1 aliphatic carbocycles. The molecule has 1 aromatic rings. The van der Waals surface area contributed by atoms with Crippen molar-refractivity contribution in [3.05, 3.63) is 23.8 Å². The molecule has 136 valence electrons. The van der Waals surface area contributed by atoms with Crippen molar-refractivity contribution < 1.29 is 14.3 Å². The molecule has 1 amide bonds. The molecule has 0 heterocycles. The first-order valence-corrected chi connectivity index (χ1v) is 8.46. The molecule has 1 aromatic carbocycles. The third kappa shape index (κ3) is 5.02. The molecule has 0 spiro atoms. The van der Waals surface area contributed by atoms with E-state index in [0.29, 0.717) is 42.7 Å². The number of hydrogen-bond acceptors (Lipinski definition) is 4. The van der Waals surface area contributed by atoms with Crippen molar-refractivity contribution in [2.45, 2.75) is 45.6 Å². The number of nitrogens with two attached hydrogens (primary N) is 1. The van der Waals surface area contributed by atoms with Crippen molar-refractivity contribution >= 4 is 18.3 Å². The molecular formula is C18H29ClN2O3. The second-order valence-electron chi connectivity index (χ2n) is 6.29. The van der Waals surface area contributed by atoms with E-state index >= 15 is 0 Å². The molecular weight excluding hydrogens is 328 g/mol. The highest BCUT2D eigenvalue weighted by atomic mass is 35.5. The number of benzene rings is 1. The molecule has 0 aliphatic heterocycles. The molecule has 0 aromatic heterocycles. The number of amides is 1. The van der Waals surface area contributed by atoms with Crippen LogP contribution in [0.2, 0.25) is 0 Å². The maximum Gasteiger partial charge on any atom is 0.251 e. The van der Waals surface area contributed by atoms with Crippen LogP contribution in [0.25, 0.3) is 0 Å². The molecule has 3 N–H and O–H groups in total. The van der Waals surface area contributed by atoms with Gasteiger partial charge in [-0.05, 0) is 57.2 Å². The van der Waals surface area contributed by atoms with Gasteiger partial charge in [-0.25, -0.2) is 0 Å². The lowest BCUT2D eigenvalue weighted by Crippen LogP contribution is -2.53. The number of carbonyl (C=O) groups excluding carboxylic acids is 1. The minimum absolute atomic E-state index is 0. The molecule has 1 aliphatic rings. The summed E-state index contributed by atoms with van der Waals surface area (Å²) >= 11 is 0. The van der Waals surface area contributed by atoms with Gasteiger partial charge < -0.3 is 20.5 Å². The van der Waals surface area contributed by atoms with Crippen LogP contribution >= 0.6 is 12.4 Å². The Balaban J connectivity index is 0.00000288. The molecule has 1 atom stereocenters. The van der Waals surface area contributed by atoms with Crippen LogP contribution in [-0.2, 0) is 0 Å². The minimum Gasteiger partial charge on any atom is -0.490 e. The molecule has 0 radical (unpaired) electrons. The smallest absolute Gasteiger partial charge is 0.251 e. The fourth-order valence-corrected chi connectivity index (χ4v) is 2.62. The number of halogens is 1. The zero-order valence-electron chi connectivity index (χ0n) is 14.8. The van der Waals surface area contributed by atoms with E-state index in [9.17, 15) is 4.79 Å². The van der Waals surface area contributed by atoms with Gasteiger partial charge in [-0.15, -0.1) is 12.4 Å². The van der Waals surface area contributed by atoms with Crippen molar-refractivity contribution in [1.29, 1.82) is 0 Å². The van der Waals surface area contributed by atoms with Gasteiger partial charge in [0.05, 0.1) is 18.8 Å². The zero-order chi connectivity index (χ0) is 16.9. The van der Waals surface area contributed by atoms with Crippen LogP contribution in [0.1, 0.15) is 50.4 Å². The maximum absolute atomic E-state index is 12.6. The Bertz CT molecular complexity index is 549. The van der Waals surface area contributed by atoms with E-state index < -0.39 is 0 Å². The van der Waals surface area contributed by atoms with Gasteiger partial charge in [0.25, 0.3) is 5.91 Å². The Morgan fingerprint density at radius 1 is 1.29 bits per heavy atom. The van der Waals surface area contributed by atoms with E-state index in [4.69, 9.17) is 15.2 Å². The molecule has 1 unspecified atom stereocenters. The van der Waals surface area contributed by atoms with Crippen LogP contribution in [0.5, 0.6) is 11.5 Å². The normalized spacial score (nSPS) is 15.8. The maximum atomic E-state index is 12.6. The number of nitrogens with one attached hydrogen (secondary N) is 1. The predicted octanol–water partition coefficient (Wildman–Crippen LogP) is 3.15. The molecule has 0 bridgehead atoms. The third-order valence-electron chi connectivity index (χ3n) is 4.27. The van der Waals surface area contributed by atoms with Crippen LogP contribution in [0, 0.1) is 5.92 Å². The van der Waals surface area contributed by atoms with Crippen molar-refractivity contribution in [2.24, 2.45) is 11.7 Å². The zero-order valence-corrected chi connectivity index (χ0v) is 15.6. The SMILES string of the molecule is CCCOc1ccc(C(=O)NC(C)(CN)C2CC2)cc1OCC.Cl. The van der Waals surface area contributed by atoms with Gasteiger partial charge in [0.2, 0.25) is 0 Å². The van der Waals surface area contributed by atoms with Gasteiger partial charge in [-0.2, -0.15) is 0 Å². The standard InChI is InChI=1S/C18H28N2O3.ClH/c1-4-10-23-15-9-6-13(11-16(15)22-5-2)17(21)20-18(3,12-19)14-7-8-14;/h6,9,11,14H,4-5,7-8,10,12,19H2,1-3H3,(H,20,21);1H. The Kier molecular flexibility index (Phi) is 7.84. The number of carbonyl (C=O) groups is 1. The Morgan fingerprint density at radius 3 is 2.54 bits per heavy atom. The van der Waals surface area contributed by atoms with E-state index in [0.717, 1.165) is 19.3 Å². The van der Waals surface area contributed by atoms with Crippen LogP contribution in [0.15, 0.2) is 18.2 Å². The quantitative estimate of drug-likeness (QED) is 0.712. The van der Waals surface area contributed by atoms with Crippen LogP contribution < -0.4 is 20.5 Å². The molecule has 1 saturated carbocycles. The van der Waals surface area contributed by atoms with Crippen molar-refractivity contribution in [3.8, 4) is 11.5 Å². The monoisotopic (exact) mass is 356 g/mol. The van der Waals surface area contributed by atoms with Gasteiger partial charge in [-0.3, -0.25) is 4.79 Å². The van der Waals surface area contributed by atoms with Gasteiger partial charge in [-0.1, -0.05) is 6.92 Å².